The molecule has 0 spiro atoms. The van der Waals surface area contributed by atoms with Crippen molar-refractivity contribution in [1.29, 1.82) is 0 Å². The second-order valence-electron chi connectivity index (χ2n) is 6.01. The summed E-state index contributed by atoms with van der Waals surface area (Å²) >= 11 is 0. The Kier molecular flexibility index (Phi) is 4.41. The molecule has 1 aromatic carbocycles. The van der Waals surface area contributed by atoms with E-state index in [4.69, 9.17) is 0 Å². The zero-order valence-electron chi connectivity index (χ0n) is 11.7. The van der Waals surface area contributed by atoms with Gasteiger partial charge in [-0.3, -0.25) is 0 Å². The van der Waals surface area contributed by atoms with Gasteiger partial charge in [0.15, 0.2) is 0 Å². The van der Waals surface area contributed by atoms with Crippen LogP contribution >= 0.6 is 0 Å². The van der Waals surface area contributed by atoms with Gasteiger partial charge in [0, 0.05) is 12.1 Å². The molecular weight excluding hydrogens is 222 g/mol. The molecule has 1 saturated carbocycles. The highest BCUT2D eigenvalue weighted by atomic mass is 16.3. The quantitative estimate of drug-likeness (QED) is 0.809. The number of rotatable bonds is 6. The van der Waals surface area contributed by atoms with E-state index in [-0.39, 0.29) is 6.04 Å². The van der Waals surface area contributed by atoms with Crippen molar-refractivity contribution in [2.75, 3.05) is 0 Å². The summed E-state index contributed by atoms with van der Waals surface area (Å²) in [6.45, 7) is 6.51. The first-order chi connectivity index (χ1) is 8.56. The minimum atomic E-state index is -0.404. The first-order valence-electron chi connectivity index (χ1n) is 7.09. The molecule has 2 rings (SSSR count). The molecule has 1 aliphatic rings. The first-order valence-corrected chi connectivity index (χ1v) is 7.09. The summed E-state index contributed by atoms with van der Waals surface area (Å²) in [5, 5.41) is 13.7. The van der Waals surface area contributed by atoms with Gasteiger partial charge in [-0.2, -0.15) is 0 Å². The van der Waals surface area contributed by atoms with E-state index >= 15 is 0 Å². The van der Waals surface area contributed by atoms with Crippen LogP contribution in [0, 0.1) is 5.92 Å². The fraction of sp³-hybridized carbons (Fsp3) is 0.625. The van der Waals surface area contributed by atoms with E-state index in [9.17, 15) is 5.11 Å². The van der Waals surface area contributed by atoms with Gasteiger partial charge in [0.2, 0.25) is 0 Å². The highest BCUT2D eigenvalue weighted by Crippen LogP contribution is 2.24. The van der Waals surface area contributed by atoms with E-state index in [1.165, 1.54) is 18.4 Å². The van der Waals surface area contributed by atoms with Crippen LogP contribution in [0.25, 0.3) is 0 Å². The summed E-state index contributed by atoms with van der Waals surface area (Å²) in [4.78, 5) is 0. The molecule has 0 amide bonds. The van der Waals surface area contributed by atoms with Crippen molar-refractivity contribution < 1.29 is 5.11 Å². The number of hydrogen-bond acceptors (Lipinski definition) is 2. The fourth-order valence-electron chi connectivity index (χ4n) is 2.32. The van der Waals surface area contributed by atoms with Crippen LogP contribution in [-0.2, 0) is 6.42 Å². The predicted octanol–water partition coefficient (Wildman–Crippen LogP) is 3.06. The lowest BCUT2D eigenvalue weighted by Gasteiger charge is -2.20. The molecule has 0 saturated heterocycles. The zero-order valence-corrected chi connectivity index (χ0v) is 11.7. The van der Waals surface area contributed by atoms with E-state index in [1.54, 1.807) is 0 Å². The van der Waals surface area contributed by atoms with Crippen molar-refractivity contribution in [1.82, 2.24) is 5.32 Å². The normalized spacial score (nSPS) is 18.9. The van der Waals surface area contributed by atoms with Gasteiger partial charge in [-0.05, 0) is 43.2 Å². The largest absolute Gasteiger partial charge is 0.387 e. The summed E-state index contributed by atoms with van der Waals surface area (Å²) in [6.07, 6.45) is 3.21. The summed E-state index contributed by atoms with van der Waals surface area (Å²) in [6, 6.07) is 9.18. The highest BCUT2D eigenvalue weighted by Gasteiger charge is 2.26. The number of aliphatic hydroxyl groups excluding tert-OH is 1. The summed E-state index contributed by atoms with van der Waals surface area (Å²) < 4.78 is 0. The molecule has 0 aliphatic heterocycles. The lowest BCUT2D eigenvalue weighted by atomic mass is 9.98. The lowest BCUT2D eigenvalue weighted by molar-refractivity contribution is 0.135. The maximum atomic E-state index is 10.3. The third-order valence-electron chi connectivity index (χ3n) is 3.51. The fourth-order valence-corrected chi connectivity index (χ4v) is 2.32. The number of benzene rings is 1. The molecular formula is C16H25NO. The van der Waals surface area contributed by atoms with Crippen molar-refractivity contribution in [3.63, 3.8) is 0 Å². The summed E-state index contributed by atoms with van der Waals surface area (Å²) in [7, 11) is 0. The van der Waals surface area contributed by atoms with Crippen LogP contribution in [0.15, 0.2) is 24.3 Å². The molecule has 0 radical (unpaired) electrons. The predicted molar refractivity (Wildman–Crippen MR) is 75.6 cm³/mol. The second-order valence-corrected chi connectivity index (χ2v) is 6.01. The van der Waals surface area contributed by atoms with Gasteiger partial charge >= 0.3 is 0 Å². The third-order valence-corrected chi connectivity index (χ3v) is 3.51. The molecule has 0 bridgehead atoms. The van der Waals surface area contributed by atoms with E-state index in [0.717, 1.165) is 12.0 Å². The van der Waals surface area contributed by atoms with Crippen molar-refractivity contribution in [2.45, 2.75) is 58.2 Å². The lowest BCUT2D eigenvalue weighted by Crippen LogP contribution is -2.33. The van der Waals surface area contributed by atoms with Crippen molar-refractivity contribution >= 4 is 0 Å². The molecule has 2 heteroatoms. The Balaban J connectivity index is 1.94. The molecule has 0 heterocycles. The monoisotopic (exact) mass is 247 g/mol. The summed E-state index contributed by atoms with van der Waals surface area (Å²) in [5.41, 5.74) is 2.37. The van der Waals surface area contributed by atoms with Crippen molar-refractivity contribution in [3.8, 4) is 0 Å². The maximum absolute atomic E-state index is 10.3. The molecule has 2 atom stereocenters. The maximum Gasteiger partial charge on any atom is 0.0940 e. The van der Waals surface area contributed by atoms with Crippen molar-refractivity contribution in [3.05, 3.63) is 35.4 Å². The van der Waals surface area contributed by atoms with Crippen LogP contribution in [0.4, 0.5) is 0 Å². The molecule has 2 unspecified atom stereocenters. The zero-order chi connectivity index (χ0) is 13.1. The Labute approximate surface area is 110 Å². The number of hydrogen-bond donors (Lipinski definition) is 2. The van der Waals surface area contributed by atoms with Gasteiger partial charge in [-0.15, -0.1) is 0 Å². The molecule has 0 aromatic heterocycles. The van der Waals surface area contributed by atoms with E-state index in [0.29, 0.717) is 12.0 Å². The smallest absolute Gasteiger partial charge is 0.0940 e. The SMILES string of the molecule is CC(C)Cc1ccc(C(O)C(C)NC2CC2)cc1. The van der Waals surface area contributed by atoms with Gasteiger partial charge in [0.25, 0.3) is 0 Å². The van der Waals surface area contributed by atoms with Crippen LogP contribution in [-0.4, -0.2) is 17.2 Å². The Morgan fingerprint density at radius 1 is 1.17 bits per heavy atom. The Morgan fingerprint density at radius 2 is 1.78 bits per heavy atom. The van der Waals surface area contributed by atoms with Gasteiger partial charge in [-0.25, -0.2) is 0 Å². The Bertz CT molecular complexity index is 367. The topological polar surface area (TPSA) is 32.3 Å². The molecule has 1 fully saturated rings. The molecule has 1 aromatic rings. The molecule has 18 heavy (non-hydrogen) atoms. The van der Waals surface area contributed by atoms with Gasteiger partial charge in [-0.1, -0.05) is 38.1 Å². The van der Waals surface area contributed by atoms with Gasteiger partial charge in [0.05, 0.1) is 6.10 Å². The van der Waals surface area contributed by atoms with Crippen molar-refractivity contribution in [2.24, 2.45) is 5.92 Å². The van der Waals surface area contributed by atoms with Crippen LogP contribution in [0.5, 0.6) is 0 Å². The molecule has 2 nitrogen and oxygen atoms in total. The minimum Gasteiger partial charge on any atom is -0.387 e. The Hall–Kier alpha value is -0.860. The molecule has 1 aliphatic carbocycles. The van der Waals surface area contributed by atoms with Crippen LogP contribution in [0.3, 0.4) is 0 Å². The van der Waals surface area contributed by atoms with Crippen LogP contribution < -0.4 is 5.32 Å². The average Bonchev–Trinajstić information content (AvgIpc) is 3.12. The van der Waals surface area contributed by atoms with Gasteiger partial charge < -0.3 is 10.4 Å². The molecule has 100 valence electrons. The van der Waals surface area contributed by atoms with Gasteiger partial charge in [0.1, 0.15) is 0 Å². The minimum absolute atomic E-state index is 0.133. The first kappa shape index (κ1) is 13.6. The number of nitrogens with one attached hydrogen (secondary N) is 1. The number of aliphatic hydroxyl groups is 1. The third kappa shape index (κ3) is 3.82. The van der Waals surface area contributed by atoms with E-state index in [2.05, 4.69) is 50.4 Å². The van der Waals surface area contributed by atoms with Crippen LogP contribution in [0.1, 0.15) is 50.8 Å². The average molecular weight is 247 g/mol. The molecule has 2 N–H and O–H groups in total. The second kappa shape index (κ2) is 5.85. The standard InChI is InChI=1S/C16H25NO/c1-11(2)10-13-4-6-14(7-5-13)16(18)12(3)17-15-8-9-15/h4-7,11-12,15-18H,8-10H2,1-3H3. The Morgan fingerprint density at radius 3 is 2.28 bits per heavy atom. The van der Waals surface area contributed by atoms with E-state index < -0.39 is 6.10 Å². The van der Waals surface area contributed by atoms with Crippen LogP contribution in [0.2, 0.25) is 0 Å². The highest BCUT2D eigenvalue weighted by molar-refractivity contribution is 5.25. The summed E-state index contributed by atoms with van der Waals surface area (Å²) in [5.74, 6) is 0.677. The van der Waals surface area contributed by atoms with E-state index in [1.807, 2.05) is 0 Å².